The largest absolute Gasteiger partial charge is 0.446 e. The number of fused-ring (bicyclic) bond motifs is 1. The lowest BCUT2D eigenvalue weighted by Gasteiger charge is -2.29. The topological polar surface area (TPSA) is 80.5 Å². The number of hydrogen-bond donors (Lipinski definition) is 2. The number of carbonyl (C=O) groups excluding carboxylic acids is 1. The van der Waals surface area contributed by atoms with E-state index >= 15 is 0 Å². The molecule has 0 radical (unpaired) electrons. The van der Waals surface area contributed by atoms with Gasteiger partial charge in [-0.15, -0.1) is 0 Å². The van der Waals surface area contributed by atoms with Crippen LogP contribution >= 0.6 is 0 Å². The van der Waals surface area contributed by atoms with Crippen molar-refractivity contribution >= 4 is 28.5 Å². The van der Waals surface area contributed by atoms with E-state index in [1.807, 2.05) is 32.3 Å². The molecule has 0 saturated heterocycles. The van der Waals surface area contributed by atoms with Gasteiger partial charge in [0.1, 0.15) is 11.9 Å². The third-order valence-corrected chi connectivity index (χ3v) is 4.49. The molecule has 1 aromatic heterocycles. The maximum Gasteiger partial charge on any atom is 0.404 e. The number of anilines is 2. The minimum Gasteiger partial charge on any atom is -0.446 e. The molecular formula is C18H24N4O2. The first-order chi connectivity index (χ1) is 11.5. The highest BCUT2D eigenvalue weighted by molar-refractivity contribution is 5.93. The second-order valence-electron chi connectivity index (χ2n) is 6.49. The molecule has 1 heterocycles. The summed E-state index contributed by atoms with van der Waals surface area (Å²) in [6.45, 7) is 0. The number of nitrogens with zero attached hydrogens (tertiary/aromatic N) is 2. The maximum atomic E-state index is 10.8. The number of hydrogen-bond acceptors (Lipinski definition) is 5. The van der Waals surface area contributed by atoms with E-state index < -0.39 is 6.09 Å². The van der Waals surface area contributed by atoms with Crippen LogP contribution in [0.2, 0.25) is 0 Å². The van der Waals surface area contributed by atoms with E-state index in [1.165, 1.54) is 0 Å². The number of nitrogens with one attached hydrogen (secondary N) is 1. The first-order valence-corrected chi connectivity index (χ1v) is 8.32. The zero-order valence-electron chi connectivity index (χ0n) is 14.2. The van der Waals surface area contributed by atoms with E-state index in [-0.39, 0.29) is 6.10 Å². The summed E-state index contributed by atoms with van der Waals surface area (Å²) in [5.41, 5.74) is 7.22. The summed E-state index contributed by atoms with van der Waals surface area (Å²) in [4.78, 5) is 17.7. The van der Waals surface area contributed by atoms with E-state index in [0.29, 0.717) is 6.04 Å². The van der Waals surface area contributed by atoms with E-state index in [2.05, 4.69) is 22.3 Å². The highest BCUT2D eigenvalue weighted by Gasteiger charge is 2.23. The Morgan fingerprint density at radius 2 is 1.96 bits per heavy atom. The number of pyridine rings is 1. The summed E-state index contributed by atoms with van der Waals surface area (Å²) < 4.78 is 5.09. The number of benzene rings is 1. The van der Waals surface area contributed by atoms with Crippen molar-refractivity contribution in [1.29, 1.82) is 0 Å². The molecule has 6 nitrogen and oxygen atoms in total. The Morgan fingerprint density at radius 1 is 1.25 bits per heavy atom. The molecular weight excluding hydrogens is 304 g/mol. The van der Waals surface area contributed by atoms with E-state index in [9.17, 15) is 4.79 Å². The average Bonchev–Trinajstić information content (AvgIpc) is 2.55. The van der Waals surface area contributed by atoms with Crippen LogP contribution in [0.5, 0.6) is 0 Å². The van der Waals surface area contributed by atoms with Crippen molar-refractivity contribution in [1.82, 2.24) is 4.98 Å². The third kappa shape index (κ3) is 3.69. The van der Waals surface area contributed by atoms with Gasteiger partial charge < -0.3 is 20.7 Å². The smallest absolute Gasteiger partial charge is 0.404 e. The van der Waals surface area contributed by atoms with Gasteiger partial charge in [-0.1, -0.05) is 18.2 Å². The van der Waals surface area contributed by atoms with Crippen molar-refractivity contribution in [3.8, 4) is 0 Å². The first kappa shape index (κ1) is 16.4. The van der Waals surface area contributed by atoms with Gasteiger partial charge >= 0.3 is 6.09 Å². The van der Waals surface area contributed by atoms with Crippen molar-refractivity contribution < 1.29 is 9.53 Å². The van der Waals surface area contributed by atoms with Crippen LogP contribution in [-0.2, 0) is 4.74 Å². The lowest BCUT2D eigenvalue weighted by Crippen LogP contribution is -2.32. The first-order valence-electron chi connectivity index (χ1n) is 8.32. The number of primary amides is 1. The second kappa shape index (κ2) is 6.95. The molecule has 1 aromatic carbocycles. The fourth-order valence-corrected chi connectivity index (χ4v) is 3.30. The lowest BCUT2D eigenvalue weighted by molar-refractivity contribution is 0.0805. The monoisotopic (exact) mass is 328 g/mol. The second-order valence-corrected chi connectivity index (χ2v) is 6.49. The molecule has 24 heavy (non-hydrogen) atoms. The van der Waals surface area contributed by atoms with Crippen LogP contribution < -0.4 is 16.0 Å². The Morgan fingerprint density at radius 3 is 2.62 bits per heavy atom. The standard InChI is InChI=1S/C18H24N4O2/c1-22(2)16-11-17(21-15-6-4-3-5-14(15)16)20-12-7-9-13(10-8-12)24-18(19)23/h3-6,11-13H,7-10H2,1-2H3,(H2,19,23)(H,20,21)/t12-,13+. The maximum absolute atomic E-state index is 10.8. The summed E-state index contributed by atoms with van der Waals surface area (Å²) in [6, 6.07) is 10.6. The Balaban J connectivity index is 1.73. The van der Waals surface area contributed by atoms with Crippen LogP contribution in [0.15, 0.2) is 30.3 Å². The van der Waals surface area contributed by atoms with Crippen molar-refractivity contribution in [2.24, 2.45) is 5.73 Å². The molecule has 0 atom stereocenters. The normalized spacial score (nSPS) is 20.6. The van der Waals surface area contributed by atoms with E-state index in [4.69, 9.17) is 15.5 Å². The predicted molar refractivity (Wildman–Crippen MR) is 96.4 cm³/mol. The number of rotatable bonds is 4. The van der Waals surface area contributed by atoms with Crippen molar-refractivity contribution in [2.75, 3.05) is 24.3 Å². The van der Waals surface area contributed by atoms with Crippen LogP contribution in [0, 0.1) is 0 Å². The van der Waals surface area contributed by atoms with Crippen LogP contribution in [0.1, 0.15) is 25.7 Å². The van der Waals surface area contributed by atoms with Crippen LogP contribution in [0.3, 0.4) is 0 Å². The highest BCUT2D eigenvalue weighted by atomic mass is 16.6. The van der Waals surface area contributed by atoms with Crippen LogP contribution in [0.25, 0.3) is 10.9 Å². The van der Waals surface area contributed by atoms with Gasteiger partial charge in [-0.2, -0.15) is 0 Å². The van der Waals surface area contributed by atoms with Crippen LogP contribution in [0.4, 0.5) is 16.3 Å². The van der Waals surface area contributed by atoms with Gasteiger partial charge in [0.15, 0.2) is 0 Å². The SMILES string of the molecule is CN(C)c1cc(N[C@H]2CC[C@@H](OC(N)=O)CC2)nc2ccccc12. The summed E-state index contributed by atoms with van der Waals surface area (Å²) in [6.07, 6.45) is 2.79. The van der Waals surface area contributed by atoms with E-state index in [1.54, 1.807) is 0 Å². The van der Waals surface area contributed by atoms with Gasteiger partial charge in [-0.05, 0) is 31.7 Å². The van der Waals surface area contributed by atoms with Crippen molar-refractivity contribution in [3.05, 3.63) is 30.3 Å². The molecule has 0 aliphatic heterocycles. The van der Waals surface area contributed by atoms with Gasteiger partial charge in [0.25, 0.3) is 0 Å². The fraction of sp³-hybridized carbons (Fsp3) is 0.444. The Labute approximate surface area is 142 Å². The van der Waals surface area contributed by atoms with Gasteiger partial charge in [0.05, 0.1) is 5.52 Å². The molecule has 0 bridgehead atoms. The molecule has 128 valence electrons. The summed E-state index contributed by atoms with van der Waals surface area (Å²) >= 11 is 0. The molecule has 1 amide bonds. The number of aromatic nitrogens is 1. The molecule has 3 rings (SSSR count). The van der Waals surface area contributed by atoms with Crippen LogP contribution in [-0.4, -0.2) is 37.3 Å². The van der Waals surface area contributed by atoms with E-state index in [0.717, 1.165) is 48.1 Å². The average molecular weight is 328 g/mol. The molecule has 1 aliphatic carbocycles. The molecule has 0 unspecified atom stereocenters. The Kier molecular flexibility index (Phi) is 4.74. The zero-order chi connectivity index (χ0) is 17.1. The molecule has 6 heteroatoms. The van der Waals surface area contributed by atoms with Gasteiger partial charge in [-0.25, -0.2) is 9.78 Å². The highest BCUT2D eigenvalue weighted by Crippen LogP contribution is 2.29. The predicted octanol–water partition coefficient (Wildman–Crippen LogP) is 3.12. The zero-order valence-corrected chi connectivity index (χ0v) is 14.2. The summed E-state index contributed by atoms with van der Waals surface area (Å²) in [5, 5.41) is 4.68. The molecule has 1 aliphatic rings. The minimum atomic E-state index is -0.682. The molecule has 3 N–H and O–H groups in total. The lowest BCUT2D eigenvalue weighted by atomic mass is 9.93. The minimum absolute atomic E-state index is 0.0533. The number of nitrogens with two attached hydrogens (primary N) is 1. The third-order valence-electron chi connectivity index (χ3n) is 4.49. The fourth-order valence-electron chi connectivity index (χ4n) is 3.30. The number of carbonyl (C=O) groups is 1. The van der Waals surface area contributed by atoms with Gasteiger partial charge in [0.2, 0.25) is 0 Å². The van der Waals surface area contributed by atoms with Crippen molar-refractivity contribution in [2.45, 2.75) is 37.8 Å². The molecule has 2 aromatic rings. The number of ether oxygens (including phenoxy) is 1. The number of amides is 1. The Bertz CT molecular complexity index is 724. The van der Waals surface area contributed by atoms with Crippen molar-refractivity contribution in [3.63, 3.8) is 0 Å². The summed E-state index contributed by atoms with van der Waals surface area (Å²) in [5.74, 6) is 0.886. The Hall–Kier alpha value is -2.50. The van der Waals surface area contributed by atoms with Gasteiger partial charge in [0, 0.05) is 37.3 Å². The molecule has 0 spiro atoms. The molecule has 1 fully saturated rings. The molecule has 1 saturated carbocycles. The quantitative estimate of drug-likeness (QED) is 0.901. The summed E-state index contributed by atoms with van der Waals surface area (Å²) in [7, 11) is 4.08. The number of para-hydroxylation sites is 1. The van der Waals surface area contributed by atoms with Gasteiger partial charge in [-0.3, -0.25) is 0 Å².